The summed E-state index contributed by atoms with van der Waals surface area (Å²) in [6, 6.07) is -0.0718. The van der Waals surface area contributed by atoms with Gasteiger partial charge in [0.25, 0.3) is 0 Å². The van der Waals surface area contributed by atoms with Crippen LogP contribution in [-0.4, -0.2) is 37.3 Å². The van der Waals surface area contributed by atoms with E-state index in [1.165, 1.54) is 6.20 Å². The average molecular weight is 323 g/mol. The van der Waals surface area contributed by atoms with Crippen LogP contribution in [0.15, 0.2) is 11.1 Å². The molecule has 1 aliphatic heterocycles. The summed E-state index contributed by atoms with van der Waals surface area (Å²) in [5.41, 5.74) is 0.654. The molecule has 0 amide bonds. The van der Waals surface area contributed by atoms with Crippen LogP contribution in [0.3, 0.4) is 0 Å². The van der Waals surface area contributed by atoms with Gasteiger partial charge in [-0.15, -0.1) is 12.4 Å². The molecule has 2 rings (SSSR count). The number of nitrogens with one attached hydrogen (secondary N) is 2. The van der Waals surface area contributed by atoms with Crippen LogP contribution in [0.2, 0.25) is 0 Å². The van der Waals surface area contributed by atoms with Crippen LogP contribution in [0, 0.1) is 12.8 Å². The Hall–Kier alpha value is -0.630. The molecule has 2 heterocycles. The van der Waals surface area contributed by atoms with E-state index in [1.54, 1.807) is 18.7 Å². The van der Waals surface area contributed by atoms with E-state index >= 15 is 0 Å². The van der Waals surface area contributed by atoms with Gasteiger partial charge in [-0.25, -0.2) is 13.1 Å². The van der Waals surface area contributed by atoms with Crippen LogP contribution < -0.4 is 10.0 Å². The van der Waals surface area contributed by atoms with Crippen LogP contribution >= 0.6 is 12.4 Å². The summed E-state index contributed by atoms with van der Waals surface area (Å²) in [4.78, 5) is 0.269. The fourth-order valence-corrected chi connectivity index (χ4v) is 3.97. The summed E-state index contributed by atoms with van der Waals surface area (Å²) in [5, 5.41) is 7.29. The van der Waals surface area contributed by atoms with Gasteiger partial charge in [-0.1, -0.05) is 0 Å². The van der Waals surface area contributed by atoms with Crippen LogP contribution in [0.25, 0.3) is 0 Å². The highest BCUT2D eigenvalue weighted by molar-refractivity contribution is 7.89. The summed E-state index contributed by atoms with van der Waals surface area (Å²) < 4.78 is 29.0. The molecule has 1 aromatic rings. The maximum absolute atomic E-state index is 12.3. The van der Waals surface area contributed by atoms with Gasteiger partial charge in [-0.05, 0) is 45.7 Å². The number of rotatable bonds is 4. The van der Waals surface area contributed by atoms with Gasteiger partial charge >= 0.3 is 0 Å². The van der Waals surface area contributed by atoms with Crippen molar-refractivity contribution in [2.24, 2.45) is 13.0 Å². The van der Waals surface area contributed by atoms with Crippen LogP contribution in [0.5, 0.6) is 0 Å². The van der Waals surface area contributed by atoms with Gasteiger partial charge in [0.05, 0.1) is 11.9 Å². The number of hydrogen-bond acceptors (Lipinski definition) is 4. The molecule has 20 heavy (non-hydrogen) atoms. The molecule has 2 unspecified atom stereocenters. The molecule has 0 aliphatic carbocycles. The molecular formula is C12H23ClN4O2S. The number of piperidine rings is 1. The maximum Gasteiger partial charge on any atom is 0.244 e. The molecule has 2 N–H and O–H groups in total. The second-order valence-corrected chi connectivity index (χ2v) is 6.92. The highest BCUT2D eigenvalue weighted by Crippen LogP contribution is 2.18. The van der Waals surface area contributed by atoms with Gasteiger partial charge < -0.3 is 5.32 Å². The molecule has 0 bridgehead atoms. The monoisotopic (exact) mass is 322 g/mol. The maximum atomic E-state index is 12.3. The molecule has 0 radical (unpaired) electrons. The lowest BCUT2D eigenvalue weighted by Crippen LogP contribution is -2.44. The van der Waals surface area contributed by atoms with Gasteiger partial charge in [0.1, 0.15) is 4.90 Å². The minimum absolute atomic E-state index is 0. The van der Waals surface area contributed by atoms with Gasteiger partial charge in [0.15, 0.2) is 0 Å². The zero-order chi connectivity index (χ0) is 14.0. The lowest BCUT2D eigenvalue weighted by molar-refractivity contribution is 0.320. The summed E-state index contributed by atoms with van der Waals surface area (Å²) in [6.07, 6.45) is 3.56. The topological polar surface area (TPSA) is 76.0 Å². The molecule has 1 saturated heterocycles. The summed E-state index contributed by atoms with van der Waals surface area (Å²) >= 11 is 0. The molecule has 1 aromatic heterocycles. The number of sulfonamides is 1. The Morgan fingerprint density at radius 3 is 2.75 bits per heavy atom. The van der Waals surface area contributed by atoms with Crippen molar-refractivity contribution in [2.75, 3.05) is 13.1 Å². The minimum atomic E-state index is -3.48. The second kappa shape index (κ2) is 6.89. The van der Waals surface area contributed by atoms with Gasteiger partial charge in [-0.2, -0.15) is 5.10 Å². The van der Waals surface area contributed by atoms with Crippen molar-refractivity contribution in [3.8, 4) is 0 Å². The normalized spacial score (nSPS) is 21.2. The first kappa shape index (κ1) is 17.4. The third-order valence-electron chi connectivity index (χ3n) is 3.86. The van der Waals surface area contributed by atoms with Crippen LogP contribution in [-0.2, 0) is 17.1 Å². The molecule has 116 valence electrons. The predicted octanol–water partition coefficient (Wildman–Crippen LogP) is 0.817. The van der Waals surface area contributed by atoms with E-state index in [-0.39, 0.29) is 23.3 Å². The first-order valence-corrected chi connectivity index (χ1v) is 8.12. The zero-order valence-electron chi connectivity index (χ0n) is 12.1. The lowest BCUT2D eigenvalue weighted by Gasteiger charge is -2.28. The van der Waals surface area contributed by atoms with Crippen molar-refractivity contribution in [2.45, 2.75) is 37.6 Å². The van der Waals surface area contributed by atoms with Crippen molar-refractivity contribution in [1.82, 2.24) is 19.8 Å². The molecule has 1 aliphatic rings. The van der Waals surface area contributed by atoms with Crippen molar-refractivity contribution in [1.29, 1.82) is 0 Å². The number of halogens is 1. The predicted molar refractivity (Wildman–Crippen MR) is 80.6 cm³/mol. The highest BCUT2D eigenvalue weighted by Gasteiger charge is 2.27. The zero-order valence-corrected chi connectivity index (χ0v) is 13.7. The molecule has 0 spiro atoms. The number of hydrogen-bond donors (Lipinski definition) is 2. The number of aryl methyl sites for hydroxylation is 1. The van der Waals surface area contributed by atoms with E-state index in [2.05, 4.69) is 15.1 Å². The smallest absolute Gasteiger partial charge is 0.244 e. The lowest BCUT2D eigenvalue weighted by atomic mass is 9.94. The number of nitrogens with zero attached hydrogens (tertiary/aromatic N) is 2. The van der Waals surface area contributed by atoms with Crippen molar-refractivity contribution < 1.29 is 8.42 Å². The Morgan fingerprint density at radius 1 is 1.55 bits per heavy atom. The van der Waals surface area contributed by atoms with Crippen LogP contribution in [0.4, 0.5) is 0 Å². The Bertz CT molecular complexity index is 538. The molecule has 8 heteroatoms. The van der Waals surface area contributed by atoms with Crippen molar-refractivity contribution in [3.63, 3.8) is 0 Å². The molecule has 6 nitrogen and oxygen atoms in total. The summed E-state index contributed by atoms with van der Waals surface area (Å²) in [7, 11) is -1.74. The van der Waals surface area contributed by atoms with E-state index in [1.807, 2.05) is 6.92 Å². The van der Waals surface area contributed by atoms with E-state index < -0.39 is 10.0 Å². The van der Waals surface area contributed by atoms with E-state index in [0.717, 1.165) is 25.9 Å². The third-order valence-corrected chi connectivity index (χ3v) is 5.52. The first-order valence-electron chi connectivity index (χ1n) is 6.63. The molecule has 0 aromatic carbocycles. The second-order valence-electron chi connectivity index (χ2n) is 5.23. The molecule has 0 saturated carbocycles. The largest absolute Gasteiger partial charge is 0.316 e. The van der Waals surface area contributed by atoms with Crippen molar-refractivity contribution in [3.05, 3.63) is 11.9 Å². The first-order chi connectivity index (χ1) is 8.92. The Balaban J connectivity index is 0.00000200. The fraction of sp³-hybridized carbons (Fsp3) is 0.750. The molecule has 2 atom stereocenters. The average Bonchev–Trinajstić information content (AvgIpc) is 2.71. The van der Waals surface area contributed by atoms with Gasteiger partial charge in [0.2, 0.25) is 10.0 Å². The fourth-order valence-electron chi connectivity index (χ4n) is 2.45. The van der Waals surface area contributed by atoms with Crippen molar-refractivity contribution >= 4 is 22.4 Å². The molecule has 1 fully saturated rings. The Morgan fingerprint density at radius 2 is 2.25 bits per heavy atom. The Kier molecular flexibility index (Phi) is 6.00. The standard InChI is InChI=1S/C12H22N4O2S.ClH/c1-9(11-5-4-6-13-7-11)15-19(17,18)12-8-14-16(3)10(12)2;/h8-9,11,13,15H,4-7H2,1-3H3;1H. The van der Waals surface area contributed by atoms with Gasteiger partial charge in [0, 0.05) is 13.1 Å². The minimum Gasteiger partial charge on any atom is -0.316 e. The van der Waals surface area contributed by atoms with E-state index in [9.17, 15) is 8.42 Å². The van der Waals surface area contributed by atoms with Gasteiger partial charge in [-0.3, -0.25) is 4.68 Å². The van der Waals surface area contributed by atoms with E-state index in [0.29, 0.717) is 11.6 Å². The van der Waals surface area contributed by atoms with Crippen LogP contribution in [0.1, 0.15) is 25.5 Å². The van der Waals surface area contributed by atoms with E-state index in [4.69, 9.17) is 0 Å². The SMILES string of the molecule is Cc1c(S(=O)(=O)NC(C)C2CCCNC2)cnn1C.Cl. The highest BCUT2D eigenvalue weighted by atomic mass is 35.5. The quantitative estimate of drug-likeness (QED) is 0.860. The Labute approximate surface area is 126 Å². The summed E-state index contributed by atoms with van der Waals surface area (Å²) in [5.74, 6) is 0.348. The summed E-state index contributed by atoms with van der Waals surface area (Å²) in [6.45, 7) is 5.59. The molecular weight excluding hydrogens is 300 g/mol. The third kappa shape index (κ3) is 3.72. The number of aromatic nitrogens is 2.